The molecule has 1 rings (SSSR count). The van der Waals surface area contributed by atoms with Crippen LogP contribution in [0, 0.1) is 13.8 Å². The maximum atomic E-state index is 11.4. The van der Waals surface area contributed by atoms with Gasteiger partial charge < -0.3 is 4.74 Å². The van der Waals surface area contributed by atoms with E-state index >= 15 is 0 Å². The predicted molar refractivity (Wildman–Crippen MR) is 65.8 cm³/mol. The van der Waals surface area contributed by atoms with Crippen molar-refractivity contribution in [1.29, 1.82) is 0 Å². The van der Waals surface area contributed by atoms with Gasteiger partial charge in [0.25, 0.3) is 0 Å². The summed E-state index contributed by atoms with van der Waals surface area (Å²) < 4.78 is 5.58. The molecule has 0 aliphatic rings. The Balaban J connectivity index is 2.46. The number of rotatable bonds is 5. The lowest BCUT2D eigenvalue weighted by Gasteiger charge is -2.14. The number of ether oxygens (including phenoxy) is 1. The van der Waals surface area contributed by atoms with Crippen LogP contribution < -0.4 is 4.74 Å². The van der Waals surface area contributed by atoms with Gasteiger partial charge in [-0.15, -0.1) is 0 Å². The number of benzene rings is 1. The van der Waals surface area contributed by atoms with Crippen molar-refractivity contribution in [3.05, 3.63) is 29.3 Å². The molecule has 1 aromatic rings. The average Bonchev–Trinajstić information content (AvgIpc) is 2.33. The number of aryl methyl sites for hydroxylation is 1. The summed E-state index contributed by atoms with van der Waals surface area (Å²) in [7, 11) is 3.05. The Hall–Kier alpha value is -1.55. The van der Waals surface area contributed by atoms with E-state index in [2.05, 4.69) is 0 Å². The van der Waals surface area contributed by atoms with E-state index in [-0.39, 0.29) is 5.91 Å². The second-order valence-corrected chi connectivity index (χ2v) is 3.87. The Morgan fingerprint density at radius 1 is 1.35 bits per heavy atom. The van der Waals surface area contributed by atoms with Crippen molar-refractivity contribution in [3.8, 4) is 5.75 Å². The Morgan fingerprint density at radius 3 is 2.71 bits per heavy atom. The van der Waals surface area contributed by atoms with Crippen LogP contribution >= 0.6 is 0 Å². The molecule has 0 saturated carbocycles. The first-order valence-electron chi connectivity index (χ1n) is 5.56. The Bertz CT molecular complexity index is 390. The molecule has 0 fully saturated rings. The molecule has 0 unspecified atom stereocenters. The average molecular weight is 237 g/mol. The highest BCUT2D eigenvalue weighted by atomic mass is 16.7. The monoisotopic (exact) mass is 237 g/mol. The van der Waals surface area contributed by atoms with Crippen molar-refractivity contribution < 1.29 is 14.4 Å². The first-order valence-corrected chi connectivity index (χ1v) is 5.56. The number of hydroxylamine groups is 2. The molecule has 0 aromatic heterocycles. The molecular formula is C13H19NO3. The molecule has 0 N–H and O–H groups in total. The molecule has 0 radical (unpaired) electrons. The molecule has 4 nitrogen and oxygen atoms in total. The third-order valence-corrected chi connectivity index (χ3v) is 2.75. The fraction of sp³-hybridized carbons (Fsp3) is 0.462. The van der Waals surface area contributed by atoms with Crippen LogP contribution in [0.15, 0.2) is 18.2 Å². The van der Waals surface area contributed by atoms with Crippen molar-refractivity contribution in [2.45, 2.75) is 20.3 Å². The minimum absolute atomic E-state index is 0.0993. The van der Waals surface area contributed by atoms with Gasteiger partial charge in [-0.3, -0.25) is 9.63 Å². The summed E-state index contributed by atoms with van der Waals surface area (Å²) in [6.45, 7) is 4.40. The van der Waals surface area contributed by atoms with Gasteiger partial charge >= 0.3 is 0 Å². The predicted octanol–water partition coefficient (Wildman–Crippen LogP) is 2.09. The van der Waals surface area contributed by atoms with Gasteiger partial charge in [-0.25, -0.2) is 5.06 Å². The fourth-order valence-electron chi connectivity index (χ4n) is 1.39. The topological polar surface area (TPSA) is 38.8 Å². The van der Waals surface area contributed by atoms with Gasteiger partial charge in [-0.2, -0.15) is 0 Å². The molecule has 4 heteroatoms. The van der Waals surface area contributed by atoms with Gasteiger partial charge in [-0.05, 0) is 31.0 Å². The molecule has 0 spiro atoms. The second kappa shape index (κ2) is 6.25. The van der Waals surface area contributed by atoms with Crippen LogP contribution in [0.3, 0.4) is 0 Å². The van der Waals surface area contributed by atoms with Gasteiger partial charge in [0.2, 0.25) is 5.91 Å². The SMILES string of the molecule is CON(C)C(=O)CCOc1cccc(C)c1C. The van der Waals surface area contributed by atoms with Crippen LogP contribution in [-0.2, 0) is 9.63 Å². The zero-order valence-corrected chi connectivity index (χ0v) is 10.8. The zero-order valence-electron chi connectivity index (χ0n) is 10.8. The third-order valence-electron chi connectivity index (χ3n) is 2.75. The minimum atomic E-state index is -0.0993. The molecule has 94 valence electrons. The molecule has 0 atom stereocenters. The number of hydrogen-bond donors (Lipinski definition) is 0. The van der Waals surface area contributed by atoms with Crippen molar-refractivity contribution in [1.82, 2.24) is 5.06 Å². The van der Waals surface area contributed by atoms with Crippen molar-refractivity contribution in [3.63, 3.8) is 0 Å². The quantitative estimate of drug-likeness (QED) is 0.736. The van der Waals surface area contributed by atoms with E-state index in [1.54, 1.807) is 7.05 Å². The van der Waals surface area contributed by atoms with Crippen LogP contribution in [0.1, 0.15) is 17.5 Å². The standard InChI is InChI=1S/C13H19NO3/c1-10-6-5-7-12(11(10)2)17-9-8-13(15)14(3)16-4/h5-7H,8-9H2,1-4H3. The van der Waals surface area contributed by atoms with E-state index in [0.29, 0.717) is 13.0 Å². The highest BCUT2D eigenvalue weighted by Crippen LogP contribution is 2.20. The van der Waals surface area contributed by atoms with E-state index in [1.165, 1.54) is 17.7 Å². The Labute approximate surface area is 102 Å². The van der Waals surface area contributed by atoms with E-state index in [4.69, 9.17) is 9.57 Å². The summed E-state index contributed by atoms with van der Waals surface area (Å²) in [5.74, 6) is 0.732. The molecule has 0 aliphatic heterocycles. The molecule has 1 amide bonds. The number of amides is 1. The summed E-state index contributed by atoms with van der Waals surface area (Å²) in [5.41, 5.74) is 2.29. The van der Waals surface area contributed by atoms with Crippen molar-refractivity contribution in [2.75, 3.05) is 20.8 Å². The molecule has 1 aromatic carbocycles. The fourth-order valence-corrected chi connectivity index (χ4v) is 1.39. The summed E-state index contributed by atoms with van der Waals surface area (Å²) in [6.07, 6.45) is 0.303. The van der Waals surface area contributed by atoms with E-state index in [0.717, 1.165) is 11.3 Å². The number of carbonyl (C=O) groups excluding carboxylic acids is 1. The second-order valence-electron chi connectivity index (χ2n) is 3.87. The maximum absolute atomic E-state index is 11.4. The Kier molecular flexibility index (Phi) is 4.97. The smallest absolute Gasteiger partial charge is 0.249 e. The van der Waals surface area contributed by atoms with Gasteiger partial charge in [0.05, 0.1) is 20.1 Å². The molecule has 17 heavy (non-hydrogen) atoms. The summed E-state index contributed by atoms with van der Waals surface area (Å²) in [4.78, 5) is 16.2. The summed E-state index contributed by atoms with van der Waals surface area (Å²) in [6, 6.07) is 5.89. The molecule has 0 bridgehead atoms. The molecule has 0 saturated heterocycles. The molecule has 0 heterocycles. The van der Waals surface area contributed by atoms with E-state index in [1.807, 2.05) is 32.0 Å². The third kappa shape index (κ3) is 3.75. The summed E-state index contributed by atoms with van der Waals surface area (Å²) >= 11 is 0. The lowest BCUT2D eigenvalue weighted by atomic mass is 10.1. The minimum Gasteiger partial charge on any atom is -0.493 e. The lowest BCUT2D eigenvalue weighted by Crippen LogP contribution is -2.26. The lowest BCUT2D eigenvalue weighted by molar-refractivity contribution is -0.169. The van der Waals surface area contributed by atoms with Gasteiger partial charge in [0, 0.05) is 7.05 Å². The van der Waals surface area contributed by atoms with Crippen molar-refractivity contribution >= 4 is 5.91 Å². The highest BCUT2D eigenvalue weighted by Gasteiger charge is 2.08. The maximum Gasteiger partial charge on any atom is 0.249 e. The van der Waals surface area contributed by atoms with Gasteiger partial charge in [0.1, 0.15) is 5.75 Å². The van der Waals surface area contributed by atoms with Crippen LogP contribution in [0.5, 0.6) is 5.75 Å². The number of hydrogen-bond acceptors (Lipinski definition) is 3. The number of nitrogens with zero attached hydrogens (tertiary/aromatic N) is 1. The van der Waals surface area contributed by atoms with Crippen LogP contribution in [0.25, 0.3) is 0 Å². The van der Waals surface area contributed by atoms with Gasteiger partial charge in [-0.1, -0.05) is 12.1 Å². The summed E-state index contributed by atoms with van der Waals surface area (Å²) in [5, 5.41) is 1.20. The van der Waals surface area contributed by atoms with Crippen LogP contribution in [0.4, 0.5) is 0 Å². The zero-order chi connectivity index (χ0) is 12.8. The largest absolute Gasteiger partial charge is 0.493 e. The number of carbonyl (C=O) groups is 1. The normalized spacial score (nSPS) is 10.1. The Morgan fingerprint density at radius 2 is 2.06 bits per heavy atom. The molecule has 0 aliphatic carbocycles. The van der Waals surface area contributed by atoms with Crippen LogP contribution in [-0.4, -0.2) is 31.7 Å². The molecular weight excluding hydrogens is 218 g/mol. The first-order chi connectivity index (χ1) is 8.06. The van der Waals surface area contributed by atoms with Crippen LogP contribution in [0.2, 0.25) is 0 Å². The van der Waals surface area contributed by atoms with E-state index in [9.17, 15) is 4.79 Å². The highest BCUT2D eigenvalue weighted by molar-refractivity contribution is 5.74. The first kappa shape index (κ1) is 13.5. The van der Waals surface area contributed by atoms with E-state index < -0.39 is 0 Å². The van der Waals surface area contributed by atoms with Crippen molar-refractivity contribution in [2.24, 2.45) is 0 Å². The van der Waals surface area contributed by atoms with Gasteiger partial charge in [0.15, 0.2) is 0 Å².